The second-order valence-electron chi connectivity index (χ2n) is 6.17. The van der Waals surface area contributed by atoms with Crippen LogP contribution in [-0.4, -0.2) is 34.0 Å². The van der Waals surface area contributed by atoms with E-state index in [0.29, 0.717) is 17.2 Å². The minimum atomic E-state index is -1.13. The predicted octanol–water partition coefficient (Wildman–Crippen LogP) is 2.82. The van der Waals surface area contributed by atoms with Crippen molar-refractivity contribution in [3.63, 3.8) is 0 Å². The molecule has 1 saturated heterocycles. The zero-order valence-electron chi connectivity index (χ0n) is 14.2. The van der Waals surface area contributed by atoms with E-state index in [4.69, 9.17) is 0 Å². The molecule has 24 heavy (non-hydrogen) atoms. The van der Waals surface area contributed by atoms with E-state index >= 15 is 0 Å². The van der Waals surface area contributed by atoms with Crippen LogP contribution in [0.5, 0.6) is 0 Å². The number of carbonyl (C=O) groups is 3. The molecule has 1 aromatic rings. The van der Waals surface area contributed by atoms with Gasteiger partial charge in [0.15, 0.2) is 0 Å². The highest BCUT2D eigenvalue weighted by molar-refractivity contribution is 6.22. The molecule has 1 aliphatic heterocycles. The Morgan fingerprint density at radius 1 is 1.21 bits per heavy atom. The van der Waals surface area contributed by atoms with Crippen molar-refractivity contribution < 1.29 is 19.6 Å². The number of hydroxylamine groups is 2. The van der Waals surface area contributed by atoms with Gasteiger partial charge in [0.2, 0.25) is 11.8 Å². The van der Waals surface area contributed by atoms with Crippen molar-refractivity contribution in [3.05, 3.63) is 29.8 Å². The van der Waals surface area contributed by atoms with Gasteiger partial charge < -0.3 is 0 Å². The Kier molecular flexibility index (Phi) is 6.09. The molecule has 1 fully saturated rings. The van der Waals surface area contributed by atoms with Crippen LogP contribution in [0, 0.1) is 6.92 Å². The Morgan fingerprint density at radius 2 is 1.88 bits per heavy atom. The lowest BCUT2D eigenvalue weighted by molar-refractivity contribution is -0.177. The molecule has 2 rings (SSSR count). The maximum atomic E-state index is 12.5. The third kappa shape index (κ3) is 4.00. The number of imide groups is 1. The molecule has 1 aliphatic rings. The molecule has 0 unspecified atom stereocenters. The highest BCUT2D eigenvalue weighted by Gasteiger charge is 2.44. The van der Waals surface area contributed by atoms with Crippen molar-refractivity contribution in [1.29, 1.82) is 0 Å². The lowest BCUT2D eigenvalue weighted by Gasteiger charge is -2.21. The van der Waals surface area contributed by atoms with E-state index < -0.39 is 23.8 Å². The van der Waals surface area contributed by atoms with Crippen LogP contribution in [0.1, 0.15) is 51.0 Å². The zero-order valence-corrected chi connectivity index (χ0v) is 14.2. The summed E-state index contributed by atoms with van der Waals surface area (Å²) >= 11 is 0. The van der Waals surface area contributed by atoms with Crippen molar-refractivity contribution in [2.45, 2.75) is 58.4 Å². The summed E-state index contributed by atoms with van der Waals surface area (Å²) in [5.74, 6) is -1.48. The Morgan fingerprint density at radius 3 is 2.50 bits per heavy atom. The summed E-state index contributed by atoms with van der Waals surface area (Å²) in [6, 6.07) is 5.85. The van der Waals surface area contributed by atoms with Gasteiger partial charge >= 0.3 is 0 Å². The molecule has 0 aliphatic carbocycles. The van der Waals surface area contributed by atoms with Crippen LogP contribution in [0.15, 0.2) is 24.3 Å². The Balaban J connectivity index is 2.02. The number of hydrogen-bond donors (Lipinski definition) is 1. The molecule has 1 heterocycles. The van der Waals surface area contributed by atoms with Crippen LogP contribution >= 0.6 is 0 Å². The molecule has 0 saturated carbocycles. The maximum absolute atomic E-state index is 12.5. The second-order valence-corrected chi connectivity index (χ2v) is 6.17. The van der Waals surface area contributed by atoms with Crippen LogP contribution in [0.25, 0.3) is 0 Å². The highest BCUT2D eigenvalue weighted by Crippen LogP contribution is 2.25. The SMILES string of the molecule is CCCCCCC(=O)N(O)[C@@H]1CC(=O)N(c2ccc(C)cc2)C1=O. The maximum Gasteiger partial charge on any atom is 0.259 e. The molecule has 1 atom stereocenters. The first-order chi connectivity index (χ1) is 11.5. The van der Waals surface area contributed by atoms with Crippen molar-refractivity contribution in [1.82, 2.24) is 5.06 Å². The average Bonchev–Trinajstić information content (AvgIpc) is 2.86. The van der Waals surface area contributed by atoms with Crippen LogP contribution in [0.3, 0.4) is 0 Å². The fourth-order valence-electron chi connectivity index (χ4n) is 2.76. The van der Waals surface area contributed by atoms with Crippen molar-refractivity contribution in [3.8, 4) is 0 Å². The van der Waals surface area contributed by atoms with E-state index in [0.717, 1.165) is 29.7 Å². The lowest BCUT2D eigenvalue weighted by Crippen LogP contribution is -2.43. The first kappa shape index (κ1) is 18.1. The molecule has 6 heteroatoms. The summed E-state index contributed by atoms with van der Waals surface area (Å²) < 4.78 is 0. The number of unbranched alkanes of at least 4 members (excludes halogenated alkanes) is 3. The fraction of sp³-hybridized carbons (Fsp3) is 0.500. The van der Waals surface area contributed by atoms with Crippen molar-refractivity contribution in [2.75, 3.05) is 4.90 Å². The molecule has 0 radical (unpaired) electrons. The van der Waals surface area contributed by atoms with Crippen LogP contribution in [0.2, 0.25) is 0 Å². The van der Waals surface area contributed by atoms with Gasteiger partial charge in [0.25, 0.3) is 5.91 Å². The van der Waals surface area contributed by atoms with E-state index in [9.17, 15) is 19.6 Å². The smallest absolute Gasteiger partial charge is 0.259 e. The van der Waals surface area contributed by atoms with Gasteiger partial charge in [-0.1, -0.05) is 43.9 Å². The Labute approximate surface area is 142 Å². The first-order valence-electron chi connectivity index (χ1n) is 8.40. The van der Waals surface area contributed by atoms with E-state index in [1.54, 1.807) is 24.3 Å². The van der Waals surface area contributed by atoms with Gasteiger partial charge in [-0.2, -0.15) is 0 Å². The van der Waals surface area contributed by atoms with E-state index in [2.05, 4.69) is 6.92 Å². The van der Waals surface area contributed by atoms with Gasteiger partial charge in [-0.05, 0) is 25.5 Å². The summed E-state index contributed by atoms with van der Waals surface area (Å²) in [7, 11) is 0. The molecule has 1 aromatic carbocycles. The van der Waals surface area contributed by atoms with E-state index in [1.807, 2.05) is 6.92 Å². The van der Waals surface area contributed by atoms with Gasteiger partial charge in [-0.15, -0.1) is 0 Å². The molecular weight excluding hydrogens is 308 g/mol. The molecule has 0 spiro atoms. The summed E-state index contributed by atoms with van der Waals surface area (Å²) in [4.78, 5) is 37.7. The van der Waals surface area contributed by atoms with Gasteiger partial charge in [-0.25, -0.2) is 9.96 Å². The molecule has 6 nitrogen and oxygen atoms in total. The first-order valence-corrected chi connectivity index (χ1v) is 8.40. The predicted molar refractivity (Wildman–Crippen MR) is 89.5 cm³/mol. The summed E-state index contributed by atoms with van der Waals surface area (Å²) in [5.41, 5.74) is 1.47. The molecule has 0 bridgehead atoms. The minimum absolute atomic E-state index is 0.180. The van der Waals surface area contributed by atoms with E-state index in [1.165, 1.54) is 0 Å². The lowest BCUT2D eigenvalue weighted by atomic mass is 10.1. The average molecular weight is 332 g/mol. The summed E-state index contributed by atoms with van der Waals surface area (Å²) in [6.07, 6.45) is 3.64. The van der Waals surface area contributed by atoms with Crippen LogP contribution in [-0.2, 0) is 14.4 Å². The number of benzene rings is 1. The quantitative estimate of drug-likeness (QED) is 0.360. The molecular formula is C18H24N2O4. The van der Waals surface area contributed by atoms with Gasteiger partial charge in [0, 0.05) is 6.42 Å². The van der Waals surface area contributed by atoms with Crippen LogP contribution in [0.4, 0.5) is 5.69 Å². The number of hydrogen-bond acceptors (Lipinski definition) is 4. The highest BCUT2D eigenvalue weighted by atomic mass is 16.5. The summed E-state index contributed by atoms with van der Waals surface area (Å²) in [6.45, 7) is 3.98. The Bertz CT molecular complexity index is 612. The number of rotatable bonds is 7. The third-order valence-corrected chi connectivity index (χ3v) is 4.21. The number of carbonyl (C=O) groups excluding carboxylic acids is 3. The second kappa shape index (κ2) is 8.06. The number of anilines is 1. The zero-order chi connectivity index (χ0) is 17.7. The van der Waals surface area contributed by atoms with E-state index in [-0.39, 0.29) is 12.8 Å². The standard InChI is InChI=1S/C18H24N2O4/c1-3-4-5-6-7-16(21)20(24)15-12-17(22)19(18(15)23)14-10-8-13(2)9-11-14/h8-11,15,24H,3-7,12H2,1-2H3/t15-/m1/s1. The third-order valence-electron chi connectivity index (χ3n) is 4.21. The van der Waals surface area contributed by atoms with Crippen molar-refractivity contribution in [2.24, 2.45) is 0 Å². The largest absolute Gasteiger partial charge is 0.285 e. The van der Waals surface area contributed by atoms with Gasteiger partial charge in [-0.3, -0.25) is 19.6 Å². The number of aryl methyl sites for hydroxylation is 1. The van der Waals surface area contributed by atoms with Crippen LogP contribution < -0.4 is 4.90 Å². The molecule has 0 aromatic heterocycles. The number of nitrogens with zero attached hydrogens (tertiary/aromatic N) is 2. The monoisotopic (exact) mass is 332 g/mol. The molecule has 130 valence electrons. The normalized spacial score (nSPS) is 17.5. The molecule has 3 amide bonds. The topological polar surface area (TPSA) is 77.9 Å². The molecule has 1 N–H and O–H groups in total. The number of amides is 3. The minimum Gasteiger partial charge on any atom is -0.285 e. The fourth-order valence-corrected chi connectivity index (χ4v) is 2.76. The summed E-state index contributed by atoms with van der Waals surface area (Å²) in [5, 5.41) is 10.5. The van der Waals surface area contributed by atoms with Crippen molar-refractivity contribution >= 4 is 23.4 Å². The Hall–Kier alpha value is -2.21. The van der Waals surface area contributed by atoms with Gasteiger partial charge in [0.1, 0.15) is 6.04 Å². The van der Waals surface area contributed by atoms with Gasteiger partial charge in [0.05, 0.1) is 12.1 Å².